The summed E-state index contributed by atoms with van der Waals surface area (Å²) in [6.45, 7) is 8.11. The molecule has 1 aromatic rings. The molecule has 2 nitrogen and oxygen atoms in total. The van der Waals surface area contributed by atoms with Gasteiger partial charge in [0.2, 0.25) is 0 Å². The summed E-state index contributed by atoms with van der Waals surface area (Å²) in [7, 11) is 0. The smallest absolute Gasteiger partial charge is 0.127 e. The van der Waals surface area contributed by atoms with E-state index in [-0.39, 0.29) is 5.82 Å². The highest BCUT2D eigenvalue weighted by molar-refractivity contribution is 5.25. The van der Waals surface area contributed by atoms with Crippen LogP contribution in [0.15, 0.2) is 18.2 Å². The molecule has 1 aliphatic heterocycles. The summed E-state index contributed by atoms with van der Waals surface area (Å²) in [5.41, 5.74) is 2.03. The van der Waals surface area contributed by atoms with Gasteiger partial charge in [-0.1, -0.05) is 31.9 Å². The van der Waals surface area contributed by atoms with Crippen LogP contribution in [0.25, 0.3) is 0 Å². The Morgan fingerprint density at radius 2 is 2.14 bits per heavy atom. The monoisotopic (exact) mass is 292 g/mol. The Kier molecular flexibility index (Phi) is 6.65. The molecule has 0 bridgehead atoms. The van der Waals surface area contributed by atoms with Crippen molar-refractivity contribution in [1.82, 2.24) is 10.2 Å². The first-order chi connectivity index (χ1) is 10.2. The molecule has 1 saturated heterocycles. The lowest BCUT2D eigenvalue weighted by molar-refractivity contribution is 0.202. The Morgan fingerprint density at radius 3 is 2.95 bits per heavy atom. The topological polar surface area (TPSA) is 15.3 Å². The summed E-state index contributed by atoms with van der Waals surface area (Å²) >= 11 is 0. The molecule has 0 aromatic heterocycles. The van der Waals surface area contributed by atoms with Crippen molar-refractivity contribution < 1.29 is 4.39 Å². The van der Waals surface area contributed by atoms with Crippen LogP contribution >= 0.6 is 0 Å². The Balaban J connectivity index is 2.01. The summed E-state index contributed by atoms with van der Waals surface area (Å²) in [4.78, 5) is 2.44. The number of hydrogen-bond donors (Lipinski definition) is 1. The van der Waals surface area contributed by atoms with Crippen molar-refractivity contribution in [3.63, 3.8) is 0 Å². The van der Waals surface area contributed by atoms with Crippen molar-refractivity contribution >= 4 is 0 Å². The van der Waals surface area contributed by atoms with Gasteiger partial charge in [-0.15, -0.1) is 0 Å². The van der Waals surface area contributed by atoms with Crippen molar-refractivity contribution in [2.24, 2.45) is 0 Å². The predicted molar refractivity (Wildman–Crippen MR) is 86.7 cm³/mol. The van der Waals surface area contributed by atoms with E-state index >= 15 is 0 Å². The Bertz CT molecular complexity index is 433. The fourth-order valence-electron chi connectivity index (χ4n) is 3.06. The maximum Gasteiger partial charge on any atom is 0.127 e. The van der Waals surface area contributed by atoms with Crippen LogP contribution in [0.5, 0.6) is 0 Å². The van der Waals surface area contributed by atoms with E-state index in [0.29, 0.717) is 6.04 Å². The van der Waals surface area contributed by atoms with E-state index in [0.717, 1.165) is 38.2 Å². The van der Waals surface area contributed by atoms with Crippen LogP contribution in [-0.4, -0.2) is 24.0 Å². The molecule has 1 N–H and O–H groups in total. The molecule has 0 radical (unpaired) electrons. The fourth-order valence-corrected chi connectivity index (χ4v) is 3.06. The van der Waals surface area contributed by atoms with Gasteiger partial charge in [-0.2, -0.15) is 0 Å². The number of nitrogens with zero attached hydrogens (tertiary/aromatic N) is 1. The van der Waals surface area contributed by atoms with Crippen LogP contribution in [0.4, 0.5) is 4.39 Å². The molecule has 1 heterocycles. The zero-order valence-corrected chi connectivity index (χ0v) is 13.5. The molecule has 0 saturated carbocycles. The maximum atomic E-state index is 14.1. The van der Waals surface area contributed by atoms with Gasteiger partial charge in [0.25, 0.3) is 0 Å². The first-order valence-electron chi connectivity index (χ1n) is 8.42. The van der Waals surface area contributed by atoms with Gasteiger partial charge in [-0.05, 0) is 50.9 Å². The van der Waals surface area contributed by atoms with Gasteiger partial charge in [0.15, 0.2) is 0 Å². The second-order valence-electron chi connectivity index (χ2n) is 6.27. The summed E-state index contributed by atoms with van der Waals surface area (Å²) in [5, 5.41) is 3.38. The van der Waals surface area contributed by atoms with Crippen LogP contribution in [0, 0.1) is 5.82 Å². The molecule has 1 unspecified atom stereocenters. The third-order valence-corrected chi connectivity index (χ3v) is 4.43. The minimum atomic E-state index is -0.0642. The highest BCUT2D eigenvalue weighted by atomic mass is 19.1. The van der Waals surface area contributed by atoms with Crippen LogP contribution < -0.4 is 5.32 Å². The third-order valence-electron chi connectivity index (χ3n) is 4.43. The summed E-state index contributed by atoms with van der Waals surface area (Å²) in [6, 6.07) is 6.12. The Morgan fingerprint density at radius 1 is 1.29 bits per heavy atom. The molecular formula is C18H29FN2. The number of likely N-dealkylation sites (tertiary alicyclic amines) is 1. The maximum absolute atomic E-state index is 14.1. The highest BCUT2D eigenvalue weighted by Gasteiger charge is 2.18. The molecule has 118 valence electrons. The van der Waals surface area contributed by atoms with Gasteiger partial charge in [0.1, 0.15) is 5.82 Å². The van der Waals surface area contributed by atoms with E-state index < -0.39 is 0 Å². The predicted octanol–water partition coefficient (Wildman–Crippen LogP) is 4.09. The van der Waals surface area contributed by atoms with Crippen molar-refractivity contribution in [3.05, 3.63) is 35.1 Å². The molecule has 21 heavy (non-hydrogen) atoms. The lowest BCUT2D eigenvalue weighted by Gasteiger charge is -2.27. The van der Waals surface area contributed by atoms with Crippen molar-refractivity contribution in [2.45, 2.75) is 65.1 Å². The highest BCUT2D eigenvalue weighted by Crippen LogP contribution is 2.20. The van der Waals surface area contributed by atoms with Gasteiger partial charge in [-0.25, -0.2) is 4.39 Å². The van der Waals surface area contributed by atoms with E-state index in [1.54, 1.807) is 6.07 Å². The number of rotatable bonds is 6. The largest absolute Gasteiger partial charge is 0.313 e. The molecule has 1 fully saturated rings. The summed E-state index contributed by atoms with van der Waals surface area (Å²) < 4.78 is 14.1. The van der Waals surface area contributed by atoms with E-state index in [2.05, 4.69) is 24.1 Å². The SMILES string of the molecule is CCCNCc1ccc(F)c(CN2CCCCCC2C)c1. The Hall–Kier alpha value is -0.930. The molecule has 3 heteroatoms. The number of halogens is 1. The van der Waals surface area contributed by atoms with Crippen molar-refractivity contribution in [1.29, 1.82) is 0 Å². The van der Waals surface area contributed by atoms with Gasteiger partial charge >= 0.3 is 0 Å². The van der Waals surface area contributed by atoms with Crippen LogP contribution in [-0.2, 0) is 13.1 Å². The molecule has 1 aliphatic rings. The van der Waals surface area contributed by atoms with E-state index in [1.165, 1.54) is 31.2 Å². The average Bonchev–Trinajstić information content (AvgIpc) is 2.68. The second kappa shape index (κ2) is 8.50. The molecule has 1 aromatic carbocycles. The standard InChI is InChI=1S/C18H29FN2/c1-3-10-20-13-16-8-9-18(19)17(12-16)14-21-11-6-4-5-7-15(21)2/h8-9,12,15,20H,3-7,10-11,13-14H2,1-2H3. The molecule has 0 aliphatic carbocycles. The second-order valence-corrected chi connectivity index (χ2v) is 6.27. The molecule has 0 spiro atoms. The summed E-state index contributed by atoms with van der Waals surface area (Å²) in [6.07, 6.45) is 6.22. The van der Waals surface area contributed by atoms with E-state index in [9.17, 15) is 4.39 Å². The van der Waals surface area contributed by atoms with Gasteiger partial charge in [-0.3, -0.25) is 4.90 Å². The van der Waals surface area contributed by atoms with E-state index in [4.69, 9.17) is 0 Å². The number of nitrogens with one attached hydrogen (secondary N) is 1. The number of benzene rings is 1. The fraction of sp³-hybridized carbons (Fsp3) is 0.667. The van der Waals surface area contributed by atoms with Crippen LogP contribution in [0.3, 0.4) is 0 Å². The quantitative estimate of drug-likeness (QED) is 0.794. The molecule has 0 amide bonds. The number of hydrogen-bond acceptors (Lipinski definition) is 2. The van der Waals surface area contributed by atoms with Crippen LogP contribution in [0.2, 0.25) is 0 Å². The van der Waals surface area contributed by atoms with E-state index in [1.807, 2.05) is 12.1 Å². The van der Waals surface area contributed by atoms with Gasteiger partial charge < -0.3 is 5.32 Å². The van der Waals surface area contributed by atoms with Gasteiger partial charge in [0, 0.05) is 24.7 Å². The van der Waals surface area contributed by atoms with Gasteiger partial charge in [0.05, 0.1) is 0 Å². The minimum Gasteiger partial charge on any atom is -0.313 e. The zero-order chi connectivity index (χ0) is 15.1. The van der Waals surface area contributed by atoms with Crippen molar-refractivity contribution in [3.8, 4) is 0 Å². The lowest BCUT2D eigenvalue weighted by Crippen LogP contribution is -2.32. The van der Waals surface area contributed by atoms with Crippen LogP contribution in [0.1, 0.15) is 57.1 Å². The molecular weight excluding hydrogens is 263 g/mol. The minimum absolute atomic E-state index is 0.0642. The third kappa shape index (κ3) is 5.08. The normalized spacial score (nSPS) is 20.4. The molecule has 1 atom stereocenters. The first-order valence-corrected chi connectivity index (χ1v) is 8.42. The first kappa shape index (κ1) is 16.4. The average molecular weight is 292 g/mol. The van der Waals surface area contributed by atoms with Crippen molar-refractivity contribution in [2.75, 3.05) is 13.1 Å². The lowest BCUT2D eigenvalue weighted by atomic mass is 10.1. The summed E-state index contributed by atoms with van der Waals surface area (Å²) in [5.74, 6) is -0.0642. The zero-order valence-electron chi connectivity index (χ0n) is 13.5. The Labute approximate surface area is 128 Å². The molecule has 2 rings (SSSR count).